The predicted octanol–water partition coefficient (Wildman–Crippen LogP) is 3.17. The summed E-state index contributed by atoms with van der Waals surface area (Å²) in [5.41, 5.74) is 2.31. The molecule has 0 bridgehead atoms. The molecular weight excluding hydrogens is 387 g/mol. The van der Waals surface area contributed by atoms with Crippen molar-refractivity contribution in [1.29, 1.82) is 0 Å². The van der Waals surface area contributed by atoms with Crippen molar-refractivity contribution < 1.29 is 27.6 Å². The Labute approximate surface area is 166 Å². The van der Waals surface area contributed by atoms with Crippen molar-refractivity contribution in [2.45, 2.75) is 44.7 Å². The van der Waals surface area contributed by atoms with Crippen LogP contribution in [0.1, 0.15) is 54.4 Å². The fourth-order valence-electron chi connectivity index (χ4n) is 3.60. The summed E-state index contributed by atoms with van der Waals surface area (Å²) in [5, 5.41) is 3.94. The number of amides is 2. The number of carbonyl (C=O) groups excluding carboxylic acids is 3. The minimum atomic E-state index is -4.51. The Morgan fingerprint density at radius 3 is 2.72 bits per heavy atom. The molecule has 0 radical (unpaired) electrons. The van der Waals surface area contributed by atoms with Crippen LogP contribution in [-0.2, 0) is 15.8 Å². The van der Waals surface area contributed by atoms with E-state index in [1.807, 2.05) is 0 Å². The molecule has 1 aromatic carbocycles. The fraction of sp³-hybridized carbons (Fsp3) is 0.500. The highest BCUT2D eigenvalue weighted by Crippen LogP contribution is 2.30. The number of nitrogens with zero attached hydrogens (tertiary/aromatic N) is 2. The molecule has 9 heteroatoms. The number of nitrogens with one attached hydrogen (secondary N) is 1. The van der Waals surface area contributed by atoms with Gasteiger partial charge in [-0.1, -0.05) is 12.1 Å². The second kappa shape index (κ2) is 8.75. The predicted molar refractivity (Wildman–Crippen MR) is 99.1 cm³/mol. The Bertz CT molecular complexity index is 836. The maximum Gasteiger partial charge on any atom is 0.416 e. The quantitative estimate of drug-likeness (QED) is 0.759. The van der Waals surface area contributed by atoms with Crippen LogP contribution in [0.3, 0.4) is 0 Å². The second-order valence-corrected chi connectivity index (χ2v) is 7.33. The van der Waals surface area contributed by atoms with E-state index in [9.17, 15) is 27.6 Å². The van der Waals surface area contributed by atoms with Crippen LogP contribution in [0.25, 0.3) is 0 Å². The SMILES string of the molecule is O=C1CCC(CCC(=O)N2CCC[C@H](C(=O)c3cccc(C(F)(F)F)c3)C2)=NN1. The van der Waals surface area contributed by atoms with Crippen LogP contribution in [-0.4, -0.2) is 41.3 Å². The van der Waals surface area contributed by atoms with E-state index >= 15 is 0 Å². The topological polar surface area (TPSA) is 78.8 Å². The van der Waals surface area contributed by atoms with Gasteiger partial charge in [-0.15, -0.1) is 0 Å². The summed E-state index contributed by atoms with van der Waals surface area (Å²) in [7, 11) is 0. The molecule has 156 valence electrons. The molecule has 6 nitrogen and oxygen atoms in total. The standard InChI is InChI=1S/C20H22F3N3O3/c21-20(22,23)15-5-1-3-13(11-15)19(29)14-4-2-10-26(12-14)18(28)9-7-16-6-8-17(27)25-24-16/h1,3,5,11,14H,2,4,6-10,12H2,(H,25,27)/t14-/m0/s1. The summed E-state index contributed by atoms with van der Waals surface area (Å²) in [6.45, 7) is 0.728. The molecule has 1 aromatic rings. The van der Waals surface area contributed by atoms with Crippen molar-refractivity contribution in [2.75, 3.05) is 13.1 Å². The van der Waals surface area contributed by atoms with Crippen LogP contribution in [0.5, 0.6) is 0 Å². The van der Waals surface area contributed by atoms with E-state index in [0.29, 0.717) is 38.6 Å². The van der Waals surface area contributed by atoms with Gasteiger partial charge in [-0.3, -0.25) is 14.4 Å². The molecular formula is C20H22F3N3O3. The van der Waals surface area contributed by atoms with Gasteiger partial charge >= 0.3 is 6.18 Å². The van der Waals surface area contributed by atoms with Gasteiger partial charge in [0.1, 0.15) is 0 Å². The van der Waals surface area contributed by atoms with Gasteiger partial charge < -0.3 is 4.90 Å². The van der Waals surface area contributed by atoms with E-state index in [-0.39, 0.29) is 36.1 Å². The monoisotopic (exact) mass is 409 g/mol. The first-order valence-corrected chi connectivity index (χ1v) is 9.57. The summed E-state index contributed by atoms with van der Waals surface area (Å²) >= 11 is 0. The first-order chi connectivity index (χ1) is 13.7. The van der Waals surface area contributed by atoms with Crippen LogP contribution in [0, 0.1) is 5.92 Å². The lowest BCUT2D eigenvalue weighted by Crippen LogP contribution is -2.42. The van der Waals surface area contributed by atoms with Crippen molar-refractivity contribution in [2.24, 2.45) is 11.0 Å². The molecule has 1 atom stereocenters. The smallest absolute Gasteiger partial charge is 0.342 e. The number of hydrazone groups is 1. The Hall–Kier alpha value is -2.71. The highest BCUT2D eigenvalue weighted by molar-refractivity contribution is 5.98. The summed E-state index contributed by atoms with van der Waals surface area (Å²) in [6, 6.07) is 4.42. The minimum Gasteiger partial charge on any atom is -0.342 e. The molecule has 2 heterocycles. The maximum absolute atomic E-state index is 12.9. The van der Waals surface area contributed by atoms with Crippen LogP contribution >= 0.6 is 0 Å². The molecule has 3 rings (SSSR count). The highest BCUT2D eigenvalue weighted by atomic mass is 19.4. The number of hydrogen-bond donors (Lipinski definition) is 1. The average molecular weight is 409 g/mol. The van der Waals surface area contributed by atoms with Gasteiger partial charge in [0, 0.05) is 43.1 Å². The number of benzene rings is 1. The van der Waals surface area contributed by atoms with Crippen LogP contribution < -0.4 is 5.43 Å². The first kappa shape index (κ1) is 21.0. The number of hydrogen-bond acceptors (Lipinski definition) is 4. The van der Waals surface area contributed by atoms with Crippen LogP contribution in [0.2, 0.25) is 0 Å². The Morgan fingerprint density at radius 2 is 2.03 bits per heavy atom. The number of ketones is 1. The number of Topliss-reactive ketones (excluding diaryl/α,β-unsaturated/α-hetero) is 1. The summed E-state index contributed by atoms with van der Waals surface area (Å²) in [6.07, 6.45) is -1.82. The molecule has 2 aliphatic heterocycles. The van der Waals surface area contributed by atoms with Gasteiger partial charge in [0.25, 0.3) is 0 Å². The van der Waals surface area contributed by atoms with Gasteiger partial charge in [0.15, 0.2) is 5.78 Å². The minimum absolute atomic E-state index is 0.0198. The normalized spacial score (nSPS) is 20.1. The van der Waals surface area contributed by atoms with E-state index in [1.54, 1.807) is 4.90 Å². The molecule has 0 spiro atoms. The van der Waals surface area contributed by atoms with E-state index in [2.05, 4.69) is 10.5 Å². The van der Waals surface area contributed by atoms with Crippen molar-refractivity contribution in [3.05, 3.63) is 35.4 Å². The number of rotatable bonds is 5. The number of carbonyl (C=O) groups is 3. The zero-order valence-electron chi connectivity index (χ0n) is 15.8. The van der Waals surface area contributed by atoms with Gasteiger partial charge in [0.05, 0.1) is 5.56 Å². The third kappa shape index (κ3) is 5.42. The molecule has 1 fully saturated rings. The van der Waals surface area contributed by atoms with Crippen molar-refractivity contribution in [1.82, 2.24) is 10.3 Å². The third-order valence-electron chi connectivity index (χ3n) is 5.23. The van der Waals surface area contributed by atoms with Crippen LogP contribution in [0.4, 0.5) is 13.2 Å². The molecule has 1 N–H and O–H groups in total. The highest BCUT2D eigenvalue weighted by Gasteiger charge is 2.33. The zero-order chi connectivity index (χ0) is 21.0. The first-order valence-electron chi connectivity index (χ1n) is 9.57. The molecule has 0 aromatic heterocycles. The third-order valence-corrected chi connectivity index (χ3v) is 5.23. The number of piperidine rings is 1. The lowest BCUT2D eigenvalue weighted by Gasteiger charge is -2.32. The van der Waals surface area contributed by atoms with Gasteiger partial charge in [-0.2, -0.15) is 18.3 Å². The van der Waals surface area contributed by atoms with Crippen molar-refractivity contribution >= 4 is 23.3 Å². The lowest BCUT2D eigenvalue weighted by atomic mass is 9.89. The second-order valence-electron chi connectivity index (χ2n) is 7.33. The molecule has 0 aliphatic carbocycles. The summed E-state index contributed by atoms with van der Waals surface area (Å²) in [5.74, 6) is -1.14. The molecule has 2 aliphatic rings. The van der Waals surface area contributed by atoms with Gasteiger partial charge in [0.2, 0.25) is 11.8 Å². The molecule has 0 unspecified atom stereocenters. The largest absolute Gasteiger partial charge is 0.416 e. The fourth-order valence-corrected chi connectivity index (χ4v) is 3.60. The lowest BCUT2D eigenvalue weighted by molar-refractivity contribution is -0.137. The van der Waals surface area contributed by atoms with E-state index in [0.717, 1.165) is 17.8 Å². The Kier molecular flexibility index (Phi) is 6.34. The summed E-state index contributed by atoms with van der Waals surface area (Å²) in [4.78, 5) is 37.9. The number of halogens is 3. The van der Waals surface area contributed by atoms with E-state index in [1.165, 1.54) is 12.1 Å². The van der Waals surface area contributed by atoms with E-state index < -0.39 is 17.7 Å². The van der Waals surface area contributed by atoms with E-state index in [4.69, 9.17) is 0 Å². The molecule has 0 saturated carbocycles. The zero-order valence-corrected chi connectivity index (χ0v) is 15.8. The molecule has 29 heavy (non-hydrogen) atoms. The average Bonchev–Trinajstić information content (AvgIpc) is 2.72. The number of alkyl halides is 3. The number of likely N-dealkylation sites (tertiary alicyclic amines) is 1. The van der Waals surface area contributed by atoms with Gasteiger partial charge in [-0.25, -0.2) is 5.43 Å². The Balaban J connectivity index is 1.59. The van der Waals surface area contributed by atoms with Crippen LogP contribution in [0.15, 0.2) is 29.4 Å². The Morgan fingerprint density at radius 1 is 1.24 bits per heavy atom. The summed E-state index contributed by atoms with van der Waals surface area (Å²) < 4.78 is 38.7. The van der Waals surface area contributed by atoms with Crippen molar-refractivity contribution in [3.8, 4) is 0 Å². The van der Waals surface area contributed by atoms with Gasteiger partial charge in [-0.05, 0) is 37.8 Å². The molecule has 2 amide bonds. The maximum atomic E-state index is 12.9. The molecule has 1 saturated heterocycles. The van der Waals surface area contributed by atoms with Crippen molar-refractivity contribution in [3.63, 3.8) is 0 Å².